The molecular formula is C19H24N4O2. The van der Waals surface area contributed by atoms with Crippen molar-refractivity contribution in [3.05, 3.63) is 48.3 Å². The number of hydrogen-bond acceptors (Lipinski definition) is 5. The van der Waals surface area contributed by atoms with Crippen molar-refractivity contribution in [2.75, 3.05) is 48.4 Å². The fraction of sp³-hybridized carbons (Fsp3) is 0.368. The second kappa shape index (κ2) is 8.48. The van der Waals surface area contributed by atoms with E-state index in [1.807, 2.05) is 30.3 Å². The quantitative estimate of drug-likeness (QED) is 0.846. The van der Waals surface area contributed by atoms with Gasteiger partial charge in [0.15, 0.2) is 0 Å². The SMILES string of the molecule is CCCNc1ccc(C(=O)Nc2ccccc2N2CCOCC2)nc1. The first-order chi connectivity index (χ1) is 12.3. The molecule has 3 rings (SSSR count). The van der Waals surface area contributed by atoms with Crippen LogP contribution in [-0.2, 0) is 4.74 Å². The lowest BCUT2D eigenvalue weighted by Crippen LogP contribution is -2.36. The van der Waals surface area contributed by atoms with E-state index in [9.17, 15) is 4.79 Å². The van der Waals surface area contributed by atoms with Crippen LogP contribution in [0.1, 0.15) is 23.8 Å². The van der Waals surface area contributed by atoms with Crippen LogP contribution in [0.4, 0.5) is 17.1 Å². The van der Waals surface area contributed by atoms with E-state index in [2.05, 4.69) is 27.4 Å². The van der Waals surface area contributed by atoms with E-state index in [1.54, 1.807) is 12.3 Å². The molecule has 25 heavy (non-hydrogen) atoms. The summed E-state index contributed by atoms with van der Waals surface area (Å²) in [7, 11) is 0. The Morgan fingerprint density at radius 1 is 1.20 bits per heavy atom. The van der Waals surface area contributed by atoms with Crippen molar-refractivity contribution >= 4 is 23.0 Å². The molecule has 132 valence electrons. The number of rotatable bonds is 6. The smallest absolute Gasteiger partial charge is 0.274 e. The molecule has 1 aromatic heterocycles. The van der Waals surface area contributed by atoms with Gasteiger partial charge in [0.05, 0.1) is 36.5 Å². The summed E-state index contributed by atoms with van der Waals surface area (Å²) in [6.45, 7) is 6.05. The molecule has 0 saturated carbocycles. The summed E-state index contributed by atoms with van der Waals surface area (Å²) < 4.78 is 5.41. The molecule has 1 aliphatic rings. The van der Waals surface area contributed by atoms with Crippen molar-refractivity contribution in [2.24, 2.45) is 0 Å². The fourth-order valence-corrected chi connectivity index (χ4v) is 2.75. The monoisotopic (exact) mass is 340 g/mol. The summed E-state index contributed by atoms with van der Waals surface area (Å²) in [6, 6.07) is 11.5. The summed E-state index contributed by atoms with van der Waals surface area (Å²) >= 11 is 0. The number of anilines is 3. The van der Waals surface area contributed by atoms with E-state index in [-0.39, 0.29) is 5.91 Å². The Bertz CT molecular complexity index is 697. The third kappa shape index (κ3) is 4.48. The number of para-hydroxylation sites is 2. The topological polar surface area (TPSA) is 66.5 Å². The minimum absolute atomic E-state index is 0.206. The number of carbonyl (C=O) groups is 1. The average Bonchev–Trinajstić information content (AvgIpc) is 2.68. The number of pyridine rings is 1. The summed E-state index contributed by atoms with van der Waals surface area (Å²) in [6.07, 6.45) is 2.74. The molecule has 1 aliphatic heterocycles. The molecule has 0 radical (unpaired) electrons. The molecule has 1 amide bonds. The van der Waals surface area contributed by atoms with Crippen LogP contribution in [0.2, 0.25) is 0 Å². The fourth-order valence-electron chi connectivity index (χ4n) is 2.75. The molecule has 0 bridgehead atoms. The van der Waals surface area contributed by atoms with E-state index < -0.39 is 0 Å². The first-order valence-corrected chi connectivity index (χ1v) is 8.71. The first kappa shape index (κ1) is 17.2. The number of hydrogen-bond donors (Lipinski definition) is 2. The third-order valence-corrected chi connectivity index (χ3v) is 4.08. The van der Waals surface area contributed by atoms with Gasteiger partial charge in [-0.1, -0.05) is 19.1 Å². The molecule has 2 heterocycles. The van der Waals surface area contributed by atoms with Crippen LogP contribution in [0.15, 0.2) is 42.6 Å². The second-order valence-electron chi connectivity index (χ2n) is 5.93. The van der Waals surface area contributed by atoms with E-state index in [4.69, 9.17) is 4.74 Å². The van der Waals surface area contributed by atoms with Gasteiger partial charge in [-0.3, -0.25) is 4.79 Å². The Hall–Kier alpha value is -2.60. The van der Waals surface area contributed by atoms with Gasteiger partial charge in [0.1, 0.15) is 5.69 Å². The van der Waals surface area contributed by atoms with Gasteiger partial charge in [-0.2, -0.15) is 0 Å². The average molecular weight is 340 g/mol. The zero-order chi connectivity index (χ0) is 17.5. The Balaban J connectivity index is 1.70. The van der Waals surface area contributed by atoms with Crippen molar-refractivity contribution in [2.45, 2.75) is 13.3 Å². The highest BCUT2D eigenvalue weighted by molar-refractivity contribution is 6.04. The number of aromatic nitrogens is 1. The molecule has 2 N–H and O–H groups in total. The minimum atomic E-state index is -0.206. The van der Waals surface area contributed by atoms with Crippen LogP contribution in [0.3, 0.4) is 0 Å². The molecule has 1 fully saturated rings. The highest BCUT2D eigenvalue weighted by Gasteiger charge is 2.16. The Morgan fingerprint density at radius 3 is 2.72 bits per heavy atom. The van der Waals surface area contributed by atoms with Crippen LogP contribution >= 0.6 is 0 Å². The molecule has 0 aliphatic carbocycles. The van der Waals surface area contributed by atoms with E-state index in [0.29, 0.717) is 18.9 Å². The predicted molar refractivity (Wildman–Crippen MR) is 100 cm³/mol. The summed E-state index contributed by atoms with van der Waals surface area (Å²) in [5.41, 5.74) is 3.13. The normalized spacial score (nSPS) is 14.2. The molecule has 0 atom stereocenters. The standard InChI is InChI=1S/C19H24N4O2/c1-2-9-20-15-7-8-17(21-14-15)19(24)22-16-5-3-4-6-18(16)23-10-12-25-13-11-23/h3-8,14,20H,2,9-13H2,1H3,(H,22,24). The van der Waals surface area contributed by atoms with Crippen molar-refractivity contribution in [3.8, 4) is 0 Å². The summed E-state index contributed by atoms with van der Waals surface area (Å²) in [4.78, 5) is 19.0. The lowest BCUT2D eigenvalue weighted by atomic mass is 10.2. The van der Waals surface area contributed by atoms with Gasteiger partial charge in [0.2, 0.25) is 0 Å². The summed E-state index contributed by atoms with van der Waals surface area (Å²) in [5, 5.41) is 6.23. The van der Waals surface area contributed by atoms with Gasteiger partial charge >= 0.3 is 0 Å². The zero-order valence-electron chi connectivity index (χ0n) is 14.5. The molecular weight excluding hydrogens is 316 g/mol. The van der Waals surface area contributed by atoms with Gasteiger partial charge in [0, 0.05) is 19.6 Å². The molecule has 2 aromatic rings. The van der Waals surface area contributed by atoms with Gasteiger partial charge in [0.25, 0.3) is 5.91 Å². The number of nitrogens with one attached hydrogen (secondary N) is 2. The number of carbonyl (C=O) groups excluding carboxylic acids is 1. The molecule has 1 saturated heterocycles. The van der Waals surface area contributed by atoms with Crippen LogP contribution in [0, 0.1) is 0 Å². The molecule has 0 unspecified atom stereocenters. The Morgan fingerprint density at radius 2 is 2.00 bits per heavy atom. The number of amides is 1. The number of ether oxygens (including phenoxy) is 1. The number of morpholine rings is 1. The number of benzene rings is 1. The Kier molecular flexibility index (Phi) is 5.85. The van der Waals surface area contributed by atoms with Crippen molar-refractivity contribution in [1.29, 1.82) is 0 Å². The van der Waals surface area contributed by atoms with Crippen LogP contribution in [0.25, 0.3) is 0 Å². The maximum absolute atomic E-state index is 12.5. The van der Waals surface area contributed by atoms with E-state index in [1.165, 1.54) is 0 Å². The van der Waals surface area contributed by atoms with E-state index >= 15 is 0 Å². The minimum Gasteiger partial charge on any atom is -0.384 e. The first-order valence-electron chi connectivity index (χ1n) is 8.71. The highest BCUT2D eigenvalue weighted by atomic mass is 16.5. The van der Waals surface area contributed by atoms with E-state index in [0.717, 1.165) is 43.1 Å². The number of nitrogens with zero attached hydrogens (tertiary/aromatic N) is 2. The second-order valence-corrected chi connectivity index (χ2v) is 5.93. The largest absolute Gasteiger partial charge is 0.384 e. The van der Waals surface area contributed by atoms with Gasteiger partial charge < -0.3 is 20.3 Å². The lowest BCUT2D eigenvalue weighted by molar-refractivity contribution is 0.102. The van der Waals surface area contributed by atoms with Crippen LogP contribution in [-0.4, -0.2) is 43.7 Å². The maximum Gasteiger partial charge on any atom is 0.274 e. The molecule has 6 heteroatoms. The van der Waals surface area contributed by atoms with Crippen LogP contribution < -0.4 is 15.5 Å². The highest BCUT2D eigenvalue weighted by Crippen LogP contribution is 2.26. The van der Waals surface area contributed by atoms with Crippen molar-refractivity contribution < 1.29 is 9.53 Å². The van der Waals surface area contributed by atoms with Gasteiger partial charge in [-0.15, -0.1) is 0 Å². The van der Waals surface area contributed by atoms with Crippen LogP contribution in [0.5, 0.6) is 0 Å². The maximum atomic E-state index is 12.5. The van der Waals surface area contributed by atoms with Crippen molar-refractivity contribution in [3.63, 3.8) is 0 Å². The van der Waals surface area contributed by atoms with Gasteiger partial charge in [-0.05, 0) is 30.7 Å². The lowest BCUT2D eigenvalue weighted by Gasteiger charge is -2.30. The summed E-state index contributed by atoms with van der Waals surface area (Å²) in [5.74, 6) is -0.206. The zero-order valence-corrected chi connectivity index (χ0v) is 14.5. The van der Waals surface area contributed by atoms with Gasteiger partial charge in [-0.25, -0.2) is 4.98 Å². The third-order valence-electron chi connectivity index (χ3n) is 4.08. The van der Waals surface area contributed by atoms with Crippen molar-refractivity contribution in [1.82, 2.24) is 4.98 Å². The molecule has 6 nitrogen and oxygen atoms in total. The molecule has 0 spiro atoms. The predicted octanol–water partition coefficient (Wildman–Crippen LogP) is 2.99. The Labute approximate surface area is 148 Å². The molecule has 1 aromatic carbocycles.